The molecule has 22 heavy (non-hydrogen) atoms. The average Bonchev–Trinajstić information content (AvgIpc) is 3.20. The van der Waals surface area contributed by atoms with E-state index < -0.39 is 0 Å². The number of carbonyl (C=O) groups excluding carboxylic acids is 1. The van der Waals surface area contributed by atoms with Crippen LogP contribution in [0.1, 0.15) is 18.8 Å². The lowest BCUT2D eigenvalue weighted by molar-refractivity contribution is -0.123. The van der Waals surface area contributed by atoms with Crippen LogP contribution in [0.2, 0.25) is 0 Å². The number of hydrogen-bond donors (Lipinski definition) is 2. The molecule has 0 saturated carbocycles. The molecule has 1 saturated heterocycles. The Hall–Kier alpha value is -1.57. The summed E-state index contributed by atoms with van der Waals surface area (Å²) >= 11 is 1.71. The van der Waals surface area contributed by atoms with Gasteiger partial charge in [-0.25, -0.2) is 0 Å². The molecule has 0 bridgehead atoms. The predicted octanol–water partition coefficient (Wildman–Crippen LogP) is 2.00. The highest BCUT2D eigenvalue weighted by atomic mass is 35.5. The van der Waals surface area contributed by atoms with Gasteiger partial charge in [0, 0.05) is 17.2 Å². The Balaban J connectivity index is 0.00000176. The van der Waals surface area contributed by atoms with Crippen LogP contribution in [0.5, 0.6) is 0 Å². The van der Waals surface area contributed by atoms with Crippen LogP contribution >= 0.6 is 24.2 Å². The summed E-state index contributed by atoms with van der Waals surface area (Å²) in [4.78, 5) is 16.4. The van der Waals surface area contributed by atoms with Crippen LogP contribution in [0.4, 0.5) is 0 Å². The summed E-state index contributed by atoms with van der Waals surface area (Å²) in [5.74, 6) is 2.51. The lowest BCUT2D eigenvalue weighted by atomic mass is 10.2. The van der Waals surface area contributed by atoms with Gasteiger partial charge in [0.15, 0.2) is 5.82 Å². The molecule has 2 heterocycles. The molecule has 118 valence electrons. The summed E-state index contributed by atoms with van der Waals surface area (Å²) in [6.07, 6.45) is 0. The van der Waals surface area contributed by atoms with Crippen molar-refractivity contribution in [3.05, 3.63) is 36.2 Å². The van der Waals surface area contributed by atoms with Crippen molar-refractivity contribution in [3.63, 3.8) is 0 Å². The van der Waals surface area contributed by atoms with Crippen LogP contribution in [0.15, 0.2) is 34.9 Å². The predicted molar refractivity (Wildman–Crippen MR) is 87.8 cm³/mol. The number of hydrogen-bond acceptors (Lipinski definition) is 6. The van der Waals surface area contributed by atoms with E-state index in [1.165, 1.54) is 0 Å². The van der Waals surface area contributed by atoms with Gasteiger partial charge in [-0.1, -0.05) is 23.4 Å². The maximum Gasteiger partial charge on any atom is 0.257 e. The zero-order chi connectivity index (χ0) is 14.7. The Morgan fingerprint density at radius 1 is 1.45 bits per heavy atom. The summed E-state index contributed by atoms with van der Waals surface area (Å²) in [6.45, 7) is 1.85. The molecule has 2 aromatic rings. The van der Waals surface area contributed by atoms with E-state index in [-0.39, 0.29) is 30.4 Å². The summed E-state index contributed by atoms with van der Waals surface area (Å²) in [5, 5.41) is 9.98. The van der Waals surface area contributed by atoms with Crippen LogP contribution in [0.3, 0.4) is 0 Å². The molecule has 3 rings (SSSR count). The highest BCUT2D eigenvalue weighted by molar-refractivity contribution is 7.99. The molecule has 1 aliphatic rings. The van der Waals surface area contributed by atoms with Gasteiger partial charge < -0.3 is 9.84 Å². The molecule has 1 fully saturated rings. The zero-order valence-electron chi connectivity index (χ0n) is 12.0. The molecule has 2 unspecified atom stereocenters. The van der Waals surface area contributed by atoms with Crippen molar-refractivity contribution in [2.45, 2.75) is 19.0 Å². The van der Waals surface area contributed by atoms with Gasteiger partial charge in [-0.3, -0.25) is 10.1 Å². The molecular formula is C14H17ClN4O2S. The second kappa shape index (κ2) is 7.62. The molecule has 2 N–H and O–H groups in total. The van der Waals surface area contributed by atoms with Gasteiger partial charge in [0.25, 0.3) is 5.89 Å². The zero-order valence-corrected chi connectivity index (χ0v) is 13.6. The van der Waals surface area contributed by atoms with Gasteiger partial charge in [-0.15, -0.1) is 24.2 Å². The Kier molecular flexibility index (Phi) is 5.82. The van der Waals surface area contributed by atoms with Crippen molar-refractivity contribution in [2.24, 2.45) is 0 Å². The fourth-order valence-corrected chi connectivity index (χ4v) is 2.99. The van der Waals surface area contributed by atoms with E-state index in [4.69, 9.17) is 4.52 Å². The van der Waals surface area contributed by atoms with Crippen molar-refractivity contribution < 1.29 is 9.32 Å². The fourth-order valence-electron chi connectivity index (χ4n) is 2.05. The minimum absolute atomic E-state index is 0. The van der Waals surface area contributed by atoms with E-state index in [2.05, 4.69) is 20.8 Å². The van der Waals surface area contributed by atoms with Crippen LogP contribution in [-0.4, -0.2) is 33.7 Å². The Labute approximate surface area is 138 Å². The molecule has 8 heteroatoms. The van der Waals surface area contributed by atoms with Crippen molar-refractivity contribution >= 4 is 30.1 Å². The van der Waals surface area contributed by atoms with Crippen LogP contribution in [0.25, 0.3) is 11.5 Å². The number of halogens is 1. The molecule has 6 nitrogen and oxygen atoms in total. The number of aromatic nitrogens is 2. The minimum Gasteiger partial charge on any atom is -0.345 e. The molecule has 2 atom stereocenters. The molecule has 1 aromatic heterocycles. The van der Waals surface area contributed by atoms with Crippen LogP contribution in [-0.2, 0) is 4.79 Å². The van der Waals surface area contributed by atoms with Gasteiger partial charge >= 0.3 is 0 Å². The number of thioether (sulfide) groups is 1. The highest BCUT2D eigenvalue weighted by Crippen LogP contribution is 2.19. The largest absolute Gasteiger partial charge is 0.345 e. The molecule has 0 spiro atoms. The van der Waals surface area contributed by atoms with Crippen LogP contribution < -0.4 is 10.6 Å². The minimum atomic E-state index is -0.286. The van der Waals surface area contributed by atoms with Crippen molar-refractivity contribution in [3.8, 4) is 11.5 Å². The van der Waals surface area contributed by atoms with Crippen LogP contribution in [0, 0.1) is 0 Å². The fraction of sp³-hybridized carbons (Fsp3) is 0.357. The van der Waals surface area contributed by atoms with E-state index in [0.29, 0.717) is 11.7 Å². The first kappa shape index (κ1) is 16.8. The second-order valence-corrected chi connectivity index (χ2v) is 5.86. The molecule has 1 aromatic carbocycles. The van der Waals surface area contributed by atoms with Gasteiger partial charge in [-0.05, 0) is 19.1 Å². The molecular weight excluding hydrogens is 324 g/mol. The summed E-state index contributed by atoms with van der Waals surface area (Å²) < 4.78 is 5.25. The third kappa shape index (κ3) is 3.79. The number of carbonyl (C=O) groups is 1. The van der Waals surface area contributed by atoms with E-state index in [0.717, 1.165) is 17.2 Å². The Bertz CT molecular complexity index is 616. The van der Waals surface area contributed by atoms with Gasteiger partial charge in [-0.2, -0.15) is 4.98 Å². The smallest absolute Gasteiger partial charge is 0.257 e. The third-order valence-electron chi connectivity index (χ3n) is 3.24. The molecule has 1 aliphatic heterocycles. The summed E-state index contributed by atoms with van der Waals surface area (Å²) in [6, 6.07) is 9.13. The first-order valence-corrected chi connectivity index (χ1v) is 7.90. The first-order chi connectivity index (χ1) is 10.2. The summed E-state index contributed by atoms with van der Waals surface area (Å²) in [5.41, 5.74) is 0.864. The normalized spacial score (nSPS) is 18.5. The maximum atomic E-state index is 12.0. The standard InChI is InChI=1S/C14H16N4O2S.ClH/c1-9(16-13(19)11-7-21-8-15-11)12-17-14(20-18-12)10-5-3-2-4-6-10;/h2-6,9,11,15H,7-8H2,1H3,(H,16,19);1H. The van der Waals surface area contributed by atoms with E-state index >= 15 is 0 Å². The number of benzene rings is 1. The van der Waals surface area contributed by atoms with Crippen molar-refractivity contribution in [2.75, 3.05) is 11.6 Å². The average molecular weight is 341 g/mol. The van der Waals surface area contributed by atoms with Gasteiger partial charge in [0.2, 0.25) is 5.91 Å². The van der Waals surface area contributed by atoms with Gasteiger partial charge in [0.1, 0.15) is 0 Å². The first-order valence-electron chi connectivity index (χ1n) is 6.74. The Morgan fingerprint density at radius 2 is 2.23 bits per heavy atom. The van der Waals surface area contributed by atoms with Gasteiger partial charge in [0.05, 0.1) is 12.1 Å². The quantitative estimate of drug-likeness (QED) is 0.886. The number of rotatable bonds is 4. The SMILES string of the molecule is CC(NC(=O)C1CSCN1)c1noc(-c2ccccc2)n1.Cl. The third-order valence-corrected chi connectivity index (χ3v) is 4.18. The second-order valence-electron chi connectivity index (χ2n) is 4.83. The van der Waals surface area contributed by atoms with Crippen molar-refractivity contribution in [1.82, 2.24) is 20.8 Å². The summed E-state index contributed by atoms with van der Waals surface area (Å²) in [7, 11) is 0. The molecule has 0 aliphatic carbocycles. The topological polar surface area (TPSA) is 80.0 Å². The number of amides is 1. The maximum absolute atomic E-state index is 12.0. The van der Waals surface area contributed by atoms with E-state index in [1.807, 2.05) is 37.3 Å². The van der Waals surface area contributed by atoms with E-state index in [9.17, 15) is 4.79 Å². The lowest BCUT2D eigenvalue weighted by Gasteiger charge is -2.13. The lowest BCUT2D eigenvalue weighted by Crippen LogP contribution is -2.43. The molecule has 1 amide bonds. The number of nitrogens with zero attached hydrogens (tertiary/aromatic N) is 2. The highest BCUT2D eigenvalue weighted by Gasteiger charge is 2.25. The van der Waals surface area contributed by atoms with Crippen molar-refractivity contribution in [1.29, 1.82) is 0 Å². The number of nitrogens with one attached hydrogen (secondary N) is 2. The van der Waals surface area contributed by atoms with E-state index in [1.54, 1.807) is 11.8 Å². The molecule has 0 radical (unpaired) electrons. The monoisotopic (exact) mass is 340 g/mol. The Morgan fingerprint density at radius 3 is 2.91 bits per heavy atom.